The Morgan fingerprint density at radius 3 is 2.20 bits per heavy atom. The maximum atomic E-state index is 13.2. The number of nitrogens with zero attached hydrogens (tertiary/aromatic N) is 2. The Bertz CT molecular complexity index is 1520. The molecule has 1 unspecified atom stereocenters. The standard InChI is InChI=1S/C35H44N4O7/c1-6-33(40)39(26-12-13-28(31(20-26)45-4)37-35(43)36-27-10-8-7-9-23(27)2)22-24-15-17-38(18-16-24)29(21-34(41)42)25-11-14-30(44-3)32(19-25)46-5/h7-14,19-20,24,29H,6,15-18,21-22H2,1-5H3,(H,41,42)(H2,36,37,43). The quantitative estimate of drug-likeness (QED) is 0.199. The van der Waals surface area contributed by atoms with Crippen molar-refractivity contribution in [1.29, 1.82) is 0 Å². The van der Waals surface area contributed by atoms with Crippen molar-refractivity contribution in [2.45, 2.75) is 45.6 Å². The number of carbonyl (C=O) groups excluding carboxylic acids is 2. The topological polar surface area (TPSA) is 130 Å². The molecule has 1 heterocycles. The predicted molar refractivity (Wildman–Crippen MR) is 178 cm³/mol. The number of urea groups is 1. The van der Waals surface area contributed by atoms with Crippen molar-refractivity contribution < 1.29 is 33.7 Å². The van der Waals surface area contributed by atoms with Crippen molar-refractivity contribution in [2.75, 3.05) is 56.5 Å². The second-order valence-corrected chi connectivity index (χ2v) is 11.3. The summed E-state index contributed by atoms with van der Waals surface area (Å²) in [6, 6.07) is 17.6. The lowest BCUT2D eigenvalue weighted by atomic mass is 9.92. The van der Waals surface area contributed by atoms with E-state index in [1.807, 2.05) is 56.3 Å². The number of aryl methyl sites for hydroxylation is 1. The molecule has 3 amide bonds. The summed E-state index contributed by atoms with van der Waals surface area (Å²) in [6.07, 6.45) is 1.89. The Labute approximate surface area is 270 Å². The van der Waals surface area contributed by atoms with Crippen LogP contribution >= 0.6 is 0 Å². The Morgan fingerprint density at radius 1 is 0.891 bits per heavy atom. The molecule has 0 radical (unpaired) electrons. The monoisotopic (exact) mass is 632 g/mol. The maximum absolute atomic E-state index is 13.2. The number of hydrogen-bond donors (Lipinski definition) is 3. The molecule has 0 aliphatic carbocycles. The molecule has 1 aliphatic heterocycles. The fraction of sp³-hybridized carbons (Fsp3) is 0.400. The van der Waals surface area contributed by atoms with E-state index in [4.69, 9.17) is 14.2 Å². The van der Waals surface area contributed by atoms with Gasteiger partial charge in [0.15, 0.2) is 11.5 Å². The summed E-state index contributed by atoms with van der Waals surface area (Å²) in [5, 5.41) is 15.4. The Hall–Kier alpha value is -4.77. The molecule has 3 aromatic rings. The average molecular weight is 633 g/mol. The normalized spacial score (nSPS) is 14.2. The number of ether oxygens (including phenoxy) is 3. The van der Waals surface area contributed by atoms with Crippen molar-refractivity contribution in [3.63, 3.8) is 0 Å². The first-order chi connectivity index (χ1) is 22.2. The van der Waals surface area contributed by atoms with Gasteiger partial charge in [-0.05, 0) is 80.2 Å². The molecule has 4 rings (SSSR count). The van der Waals surface area contributed by atoms with E-state index < -0.39 is 12.0 Å². The van der Waals surface area contributed by atoms with Gasteiger partial charge in [0, 0.05) is 36.4 Å². The molecule has 46 heavy (non-hydrogen) atoms. The van der Waals surface area contributed by atoms with Crippen LogP contribution in [0.3, 0.4) is 0 Å². The first-order valence-corrected chi connectivity index (χ1v) is 15.5. The lowest BCUT2D eigenvalue weighted by Crippen LogP contribution is -2.42. The van der Waals surface area contributed by atoms with Gasteiger partial charge in [0.05, 0.1) is 33.4 Å². The zero-order chi connectivity index (χ0) is 33.2. The number of carboxylic acid groups (broad SMARTS) is 1. The van der Waals surface area contributed by atoms with Gasteiger partial charge in [-0.1, -0.05) is 31.2 Å². The van der Waals surface area contributed by atoms with Crippen molar-refractivity contribution >= 4 is 35.0 Å². The molecular formula is C35H44N4O7. The summed E-state index contributed by atoms with van der Waals surface area (Å²) >= 11 is 0. The number of carboxylic acids is 1. The molecule has 11 nitrogen and oxygen atoms in total. The molecule has 1 saturated heterocycles. The minimum absolute atomic E-state index is 0.0171. The number of carbonyl (C=O) groups is 3. The SMILES string of the molecule is CCC(=O)N(CC1CCN(C(CC(=O)O)c2ccc(OC)c(OC)c2)CC1)c1ccc(NC(=O)Nc2ccccc2C)c(OC)c1. The fourth-order valence-corrected chi connectivity index (χ4v) is 5.87. The van der Waals surface area contributed by atoms with E-state index in [1.165, 1.54) is 7.11 Å². The molecule has 1 atom stereocenters. The average Bonchev–Trinajstić information content (AvgIpc) is 3.07. The molecule has 246 valence electrons. The van der Waals surface area contributed by atoms with E-state index in [9.17, 15) is 19.5 Å². The molecule has 11 heteroatoms. The van der Waals surface area contributed by atoms with Gasteiger partial charge in [0.25, 0.3) is 0 Å². The van der Waals surface area contributed by atoms with E-state index in [0.717, 1.165) is 24.0 Å². The molecule has 0 saturated carbocycles. The molecule has 3 N–H and O–H groups in total. The Kier molecular flexibility index (Phi) is 11.9. The number of para-hydroxylation sites is 1. The number of anilines is 3. The van der Waals surface area contributed by atoms with Crippen LogP contribution in [0.2, 0.25) is 0 Å². The number of amides is 3. The Balaban J connectivity index is 1.45. The Morgan fingerprint density at radius 2 is 1.57 bits per heavy atom. The second-order valence-electron chi connectivity index (χ2n) is 11.3. The molecule has 1 fully saturated rings. The van der Waals surface area contributed by atoms with Crippen molar-refractivity contribution in [3.8, 4) is 17.2 Å². The van der Waals surface area contributed by atoms with Crippen LogP contribution in [-0.2, 0) is 9.59 Å². The number of hydrogen-bond acceptors (Lipinski definition) is 7. The largest absolute Gasteiger partial charge is 0.494 e. The lowest BCUT2D eigenvalue weighted by Gasteiger charge is -2.39. The van der Waals surface area contributed by atoms with Gasteiger partial charge in [-0.25, -0.2) is 4.79 Å². The fourth-order valence-electron chi connectivity index (χ4n) is 5.87. The highest BCUT2D eigenvalue weighted by atomic mass is 16.5. The van der Waals surface area contributed by atoms with Gasteiger partial charge in [-0.15, -0.1) is 0 Å². The van der Waals surface area contributed by atoms with Crippen LogP contribution in [-0.4, -0.2) is 68.9 Å². The van der Waals surface area contributed by atoms with Gasteiger partial charge in [-0.2, -0.15) is 0 Å². The van der Waals surface area contributed by atoms with Crippen LogP contribution in [0.5, 0.6) is 17.2 Å². The van der Waals surface area contributed by atoms with Gasteiger partial charge in [0.1, 0.15) is 5.75 Å². The third-order valence-electron chi connectivity index (χ3n) is 8.43. The highest BCUT2D eigenvalue weighted by Gasteiger charge is 2.30. The van der Waals surface area contributed by atoms with Crippen molar-refractivity contribution in [3.05, 3.63) is 71.8 Å². The van der Waals surface area contributed by atoms with Crippen LogP contribution < -0.4 is 29.7 Å². The van der Waals surface area contributed by atoms with E-state index in [1.54, 1.807) is 37.3 Å². The predicted octanol–water partition coefficient (Wildman–Crippen LogP) is 6.34. The first kappa shape index (κ1) is 34.1. The number of piperidine rings is 1. The number of aliphatic carboxylic acids is 1. The van der Waals surface area contributed by atoms with E-state index in [2.05, 4.69) is 15.5 Å². The summed E-state index contributed by atoms with van der Waals surface area (Å²) < 4.78 is 16.4. The minimum atomic E-state index is -0.874. The molecular weight excluding hydrogens is 588 g/mol. The highest BCUT2D eigenvalue weighted by molar-refractivity contribution is 6.01. The minimum Gasteiger partial charge on any atom is -0.494 e. The molecule has 1 aliphatic rings. The maximum Gasteiger partial charge on any atom is 0.323 e. The summed E-state index contributed by atoms with van der Waals surface area (Å²) in [5.74, 6) is 0.907. The smallest absolute Gasteiger partial charge is 0.323 e. The first-order valence-electron chi connectivity index (χ1n) is 15.5. The molecule has 0 spiro atoms. The molecule has 3 aromatic carbocycles. The van der Waals surface area contributed by atoms with E-state index in [-0.39, 0.29) is 24.3 Å². The number of likely N-dealkylation sites (tertiary alicyclic amines) is 1. The van der Waals surface area contributed by atoms with Crippen LogP contribution in [0.1, 0.15) is 49.8 Å². The zero-order valence-electron chi connectivity index (χ0n) is 27.2. The number of methoxy groups -OCH3 is 3. The van der Waals surface area contributed by atoms with Crippen LogP contribution in [0, 0.1) is 12.8 Å². The van der Waals surface area contributed by atoms with Gasteiger partial charge in [0.2, 0.25) is 5.91 Å². The molecule has 0 bridgehead atoms. The summed E-state index contributed by atoms with van der Waals surface area (Å²) in [5.41, 5.74) is 3.67. The van der Waals surface area contributed by atoms with Crippen LogP contribution in [0.25, 0.3) is 0 Å². The van der Waals surface area contributed by atoms with Gasteiger partial charge < -0.3 is 34.9 Å². The third-order valence-corrected chi connectivity index (χ3v) is 8.43. The summed E-state index contributed by atoms with van der Waals surface area (Å²) in [6.45, 7) is 5.65. The number of nitrogens with one attached hydrogen (secondary N) is 2. The van der Waals surface area contributed by atoms with Gasteiger partial charge in [-0.3, -0.25) is 14.5 Å². The van der Waals surface area contributed by atoms with E-state index in [0.29, 0.717) is 60.4 Å². The van der Waals surface area contributed by atoms with Gasteiger partial charge >= 0.3 is 12.0 Å². The summed E-state index contributed by atoms with van der Waals surface area (Å²) in [4.78, 5) is 41.7. The number of benzene rings is 3. The van der Waals surface area contributed by atoms with E-state index >= 15 is 0 Å². The zero-order valence-corrected chi connectivity index (χ0v) is 27.2. The second kappa shape index (κ2) is 16.0. The van der Waals surface area contributed by atoms with Crippen LogP contribution in [0.4, 0.5) is 21.9 Å². The van der Waals surface area contributed by atoms with Crippen LogP contribution in [0.15, 0.2) is 60.7 Å². The number of rotatable bonds is 13. The molecule has 0 aromatic heterocycles. The summed E-state index contributed by atoms with van der Waals surface area (Å²) in [7, 11) is 4.65. The van der Waals surface area contributed by atoms with Crippen molar-refractivity contribution in [2.24, 2.45) is 5.92 Å². The van der Waals surface area contributed by atoms with Crippen molar-refractivity contribution in [1.82, 2.24) is 4.90 Å². The lowest BCUT2D eigenvalue weighted by molar-refractivity contribution is -0.138. The highest BCUT2D eigenvalue weighted by Crippen LogP contribution is 2.36. The third kappa shape index (κ3) is 8.48.